The SMILES string of the molecule is Cn1ccc(C2(OCC(=O)N3CC4CCC(C3)N4c3ccc(C#N)cn3)CCC2)cc1=O. The van der Waals surface area contributed by atoms with E-state index in [4.69, 9.17) is 10.00 Å². The molecular formula is C24H27N5O3. The Morgan fingerprint density at radius 2 is 2.00 bits per heavy atom. The molecule has 1 amide bonds. The smallest absolute Gasteiger partial charge is 0.250 e. The van der Waals surface area contributed by atoms with Crippen LogP contribution in [0.3, 0.4) is 0 Å². The molecule has 0 spiro atoms. The summed E-state index contributed by atoms with van der Waals surface area (Å²) in [6, 6.07) is 9.81. The molecule has 0 aromatic carbocycles. The van der Waals surface area contributed by atoms with Gasteiger partial charge in [0.15, 0.2) is 0 Å². The maximum absolute atomic E-state index is 13.0. The van der Waals surface area contributed by atoms with Crippen molar-refractivity contribution in [2.75, 3.05) is 24.6 Å². The summed E-state index contributed by atoms with van der Waals surface area (Å²) in [7, 11) is 1.73. The number of ether oxygens (including phenoxy) is 1. The van der Waals surface area contributed by atoms with Crippen LogP contribution >= 0.6 is 0 Å². The number of anilines is 1. The lowest BCUT2D eigenvalue weighted by atomic mass is 9.75. The lowest BCUT2D eigenvalue weighted by Crippen LogP contribution is -2.56. The zero-order valence-electron chi connectivity index (χ0n) is 18.2. The monoisotopic (exact) mass is 433 g/mol. The Kier molecular flexibility index (Phi) is 5.22. The first kappa shape index (κ1) is 20.7. The van der Waals surface area contributed by atoms with Crippen LogP contribution in [0.5, 0.6) is 0 Å². The van der Waals surface area contributed by atoms with E-state index in [1.807, 2.05) is 17.0 Å². The third-order valence-corrected chi connectivity index (χ3v) is 7.24. The van der Waals surface area contributed by atoms with E-state index in [2.05, 4.69) is 16.0 Å². The fourth-order valence-corrected chi connectivity index (χ4v) is 5.22. The molecule has 0 radical (unpaired) electrons. The van der Waals surface area contributed by atoms with Gasteiger partial charge in [-0.3, -0.25) is 9.59 Å². The highest BCUT2D eigenvalue weighted by molar-refractivity contribution is 5.78. The van der Waals surface area contributed by atoms with Crippen molar-refractivity contribution in [2.45, 2.75) is 49.8 Å². The quantitative estimate of drug-likeness (QED) is 0.716. The van der Waals surface area contributed by atoms with E-state index < -0.39 is 5.60 Å². The van der Waals surface area contributed by atoms with Crippen LogP contribution in [0.15, 0.2) is 41.5 Å². The highest BCUT2D eigenvalue weighted by Crippen LogP contribution is 2.44. The molecular weight excluding hydrogens is 406 g/mol. The van der Waals surface area contributed by atoms with E-state index in [0.717, 1.165) is 43.5 Å². The van der Waals surface area contributed by atoms with Gasteiger partial charge in [0.2, 0.25) is 5.91 Å². The van der Waals surface area contributed by atoms with Crippen LogP contribution in [-0.2, 0) is 22.2 Å². The zero-order chi connectivity index (χ0) is 22.3. The van der Waals surface area contributed by atoms with Gasteiger partial charge in [-0.2, -0.15) is 5.26 Å². The van der Waals surface area contributed by atoms with Gasteiger partial charge >= 0.3 is 0 Å². The van der Waals surface area contributed by atoms with Crippen molar-refractivity contribution in [3.8, 4) is 6.07 Å². The number of hydrogen-bond acceptors (Lipinski definition) is 6. The summed E-state index contributed by atoms with van der Waals surface area (Å²) in [6.07, 6.45) is 8.10. The third-order valence-electron chi connectivity index (χ3n) is 7.24. The minimum Gasteiger partial charge on any atom is -0.360 e. The second-order valence-electron chi connectivity index (χ2n) is 9.11. The van der Waals surface area contributed by atoms with Gasteiger partial charge in [-0.05, 0) is 55.9 Å². The Morgan fingerprint density at radius 3 is 2.56 bits per heavy atom. The highest BCUT2D eigenvalue weighted by atomic mass is 16.5. The number of aromatic nitrogens is 2. The number of fused-ring (bicyclic) bond motifs is 2. The van der Waals surface area contributed by atoms with Gasteiger partial charge in [0.05, 0.1) is 11.2 Å². The van der Waals surface area contributed by atoms with E-state index >= 15 is 0 Å². The number of pyridine rings is 2. The maximum atomic E-state index is 13.0. The van der Waals surface area contributed by atoms with Crippen molar-refractivity contribution in [3.05, 3.63) is 58.1 Å². The number of hydrogen-bond donors (Lipinski definition) is 0. The van der Waals surface area contributed by atoms with Crippen LogP contribution in [0.25, 0.3) is 0 Å². The van der Waals surface area contributed by atoms with Gasteiger partial charge in [-0.15, -0.1) is 0 Å². The molecule has 2 aliphatic heterocycles. The summed E-state index contributed by atoms with van der Waals surface area (Å²) in [6.45, 7) is 1.34. The predicted octanol–water partition coefficient (Wildman–Crippen LogP) is 1.93. The molecule has 2 bridgehead atoms. The first-order valence-corrected chi connectivity index (χ1v) is 11.2. The van der Waals surface area contributed by atoms with Crippen molar-refractivity contribution in [1.82, 2.24) is 14.5 Å². The van der Waals surface area contributed by atoms with E-state index in [-0.39, 0.29) is 30.2 Å². The second kappa shape index (κ2) is 8.06. The van der Waals surface area contributed by atoms with Crippen LogP contribution in [0, 0.1) is 11.3 Å². The molecule has 8 heteroatoms. The van der Waals surface area contributed by atoms with Crippen molar-refractivity contribution in [2.24, 2.45) is 7.05 Å². The molecule has 2 saturated heterocycles. The molecule has 1 aliphatic carbocycles. The molecule has 2 aromatic heterocycles. The van der Waals surface area contributed by atoms with Gasteiger partial charge in [0.25, 0.3) is 5.56 Å². The van der Waals surface area contributed by atoms with E-state index in [1.165, 1.54) is 0 Å². The fraction of sp³-hybridized carbons (Fsp3) is 0.500. The molecule has 2 atom stereocenters. The molecule has 5 rings (SSSR count). The number of likely N-dealkylation sites (tertiary alicyclic amines) is 1. The van der Waals surface area contributed by atoms with Crippen LogP contribution < -0.4 is 10.5 Å². The number of carbonyl (C=O) groups excluding carboxylic acids is 1. The molecule has 3 aliphatic rings. The van der Waals surface area contributed by atoms with Crippen molar-refractivity contribution < 1.29 is 9.53 Å². The summed E-state index contributed by atoms with van der Waals surface area (Å²) in [4.78, 5) is 33.8. The van der Waals surface area contributed by atoms with Crippen LogP contribution in [0.4, 0.5) is 5.82 Å². The Morgan fingerprint density at radius 1 is 1.25 bits per heavy atom. The molecule has 4 heterocycles. The van der Waals surface area contributed by atoms with Gasteiger partial charge in [-0.1, -0.05) is 0 Å². The minimum absolute atomic E-state index is 0.00412. The van der Waals surface area contributed by atoms with E-state index in [9.17, 15) is 9.59 Å². The number of amides is 1. The molecule has 0 N–H and O–H groups in total. The fourth-order valence-electron chi connectivity index (χ4n) is 5.22. The zero-order valence-corrected chi connectivity index (χ0v) is 18.2. The van der Waals surface area contributed by atoms with Crippen molar-refractivity contribution in [3.63, 3.8) is 0 Å². The number of nitrogens with zero attached hydrogens (tertiary/aromatic N) is 5. The van der Waals surface area contributed by atoms with Gasteiger partial charge < -0.3 is 19.1 Å². The van der Waals surface area contributed by atoms with Gasteiger partial charge in [0, 0.05) is 50.7 Å². The Bertz CT molecular complexity index is 1100. The number of nitriles is 1. The molecule has 32 heavy (non-hydrogen) atoms. The number of rotatable bonds is 5. The largest absolute Gasteiger partial charge is 0.360 e. The number of carbonyl (C=O) groups is 1. The average Bonchev–Trinajstić information content (AvgIpc) is 3.04. The maximum Gasteiger partial charge on any atom is 0.250 e. The minimum atomic E-state index is -0.518. The standard InChI is InChI=1S/C24H27N5O3/c1-27-10-7-18(11-22(27)30)24(8-2-9-24)32-16-23(31)28-14-19-4-5-20(15-28)29(19)21-6-3-17(12-25)13-26-21/h3,6-7,10-11,13,19-20H,2,4-5,8-9,14-16H2,1H3. The average molecular weight is 434 g/mol. The first-order valence-electron chi connectivity index (χ1n) is 11.2. The predicted molar refractivity (Wildman–Crippen MR) is 118 cm³/mol. The highest BCUT2D eigenvalue weighted by Gasteiger charge is 2.44. The van der Waals surface area contributed by atoms with E-state index in [0.29, 0.717) is 18.7 Å². The van der Waals surface area contributed by atoms with Crippen LogP contribution in [0.2, 0.25) is 0 Å². The van der Waals surface area contributed by atoms with Crippen molar-refractivity contribution in [1.29, 1.82) is 5.26 Å². The van der Waals surface area contributed by atoms with Crippen LogP contribution in [0.1, 0.15) is 43.2 Å². The van der Waals surface area contributed by atoms with Gasteiger partial charge in [-0.25, -0.2) is 4.98 Å². The van der Waals surface area contributed by atoms with Crippen LogP contribution in [-0.4, -0.2) is 52.1 Å². The summed E-state index contributed by atoms with van der Waals surface area (Å²) in [5.41, 5.74) is 0.841. The summed E-state index contributed by atoms with van der Waals surface area (Å²) >= 11 is 0. The third kappa shape index (κ3) is 3.56. The second-order valence-corrected chi connectivity index (χ2v) is 9.11. The molecule has 2 unspecified atom stereocenters. The summed E-state index contributed by atoms with van der Waals surface area (Å²) in [5.74, 6) is 0.878. The topological polar surface area (TPSA) is 91.5 Å². The number of piperazine rings is 1. The Labute approximate surface area is 187 Å². The van der Waals surface area contributed by atoms with Gasteiger partial charge in [0.1, 0.15) is 18.5 Å². The number of aryl methyl sites for hydroxylation is 1. The molecule has 8 nitrogen and oxygen atoms in total. The normalized spacial score (nSPS) is 23.5. The lowest BCUT2D eigenvalue weighted by Gasteiger charge is -2.44. The molecule has 3 fully saturated rings. The summed E-state index contributed by atoms with van der Waals surface area (Å²) in [5, 5.41) is 9.00. The Balaban J connectivity index is 1.24. The Hall–Kier alpha value is -3.18. The summed E-state index contributed by atoms with van der Waals surface area (Å²) < 4.78 is 7.73. The molecule has 166 valence electrons. The van der Waals surface area contributed by atoms with E-state index in [1.54, 1.807) is 36.1 Å². The first-order chi connectivity index (χ1) is 15.5. The van der Waals surface area contributed by atoms with Crippen molar-refractivity contribution >= 4 is 11.7 Å². The molecule has 1 saturated carbocycles. The lowest BCUT2D eigenvalue weighted by molar-refractivity contribution is -0.154. The molecule has 2 aromatic rings.